The molecule has 0 radical (unpaired) electrons. The maximum atomic E-state index is 12.0. The van der Waals surface area contributed by atoms with Crippen molar-refractivity contribution in [3.63, 3.8) is 0 Å². The molecular weight excluding hydrogens is 294 g/mol. The Morgan fingerprint density at radius 1 is 1.39 bits per heavy atom. The van der Waals surface area contributed by atoms with Crippen LogP contribution in [-0.2, 0) is 14.9 Å². The van der Waals surface area contributed by atoms with Crippen molar-refractivity contribution in [1.82, 2.24) is 5.32 Å². The van der Waals surface area contributed by atoms with Crippen LogP contribution in [0.15, 0.2) is 36.4 Å². The lowest BCUT2D eigenvalue weighted by atomic mass is 9.74. The molecular formula is C18H25NO4. The SMILES string of the molecule is C/C=C/C(O)C(=O)NCC1(c2ccc(OC)cc2)CCOCC1. The Morgan fingerprint density at radius 2 is 2.04 bits per heavy atom. The molecule has 0 saturated carbocycles. The van der Waals surface area contributed by atoms with Gasteiger partial charge in [-0.2, -0.15) is 0 Å². The second-order valence-corrected chi connectivity index (χ2v) is 5.81. The predicted molar refractivity (Wildman–Crippen MR) is 88.6 cm³/mol. The molecule has 1 aliphatic heterocycles. The number of rotatable bonds is 6. The van der Waals surface area contributed by atoms with E-state index < -0.39 is 6.10 Å². The van der Waals surface area contributed by atoms with Gasteiger partial charge >= 0.3 is 0 Å². The second-order valence-electron chi connectivity index (χ2n) is 5.81. The first-order chi connectivity index (χ1) is 11.1. The van der Waals surface area contributed by atoms with Crippen molar-refractivity contribution >= 4 is 5.91 Å². The number of aliphatic hydroxyl groups is 1. The summed E-state index contributed by atoms with van der Waals surface area (Å²) in [5.74, 6) is 0.436. The summed E-state index contributed by atoms with van der Waals surface area (Å²) in [5, 5.41) is 12.6. The van der Waals surface area contributed by atoms with Crippen molar-refractivity contribution in [2.45, 2.75) is 31.3 Å². The first-order valence-electron chi connectivity index (χ1n) is 7.92. The number of carbonyl (C=O) groups excluding carboxylic acids is 1. The van der Waals surface area contributed by atoms with E-state index in [0.29, 0.717) is 19.8 Å². The zero-order valence-electron chi connectivity index (χ0n) is 13.7. The minimum Gasteiger partial charge on any atom is -0.497 e. The number of benzene rings is 1. The fourth-order valence-electron chi connectivity index (χ4n) is 2.90. The topological polar surface area (TPSA) is 67.8 Å². The van der Waals surface area contributed by atoms with E-state index in [0.717, 1.165) is 24.2 Å². The van der Waals surface area contributed by atoms with Crippen molar-refractivity contribution in [2.24, 2.45) is 0 Å². The van der Waals surface area contributed by atoms with E-state index >= 15 is 0 Å². The number of allylic oxidation sites excluding steroid dienone is 1. The summed E-state index contributed by atoms with van der Waals surface area (Å²) < 4.78 is 10.7. The van der Waals surface area contributed by atoms with Crippen LogP contribution < -0.4 is 10.1 Å². The van der Waals surface area contributed by atoms with Crippen LogP contribution >= 0.6 is 0 Å². The third-order valence-corrected chi connectivity index (χ3v) is 4.40. The van der Waals surface area contributed by atoms with E-state index in [2.05, 4.69) is 5.32 Å². The summed E-state index contributed by atoms with van der Waals surface area (Å²) in [5.41, 5.74) is 0.984. The molecule has 0 aliphatic carbocycles. The van der Waals surface area contributed by atoms with Gasteiger partial charge in [0.15, 0.2) is 6.10 Å². The predicted octanol–water partition coefficient (Wildman–Crippen LogP) is 1.80. The van der Waals surface area contributed by atoms with Gasteiger partial charge in [0, 0.05) is 25.2 Å². The van der Waals surface area contributed by atoms with Crippen LogP contribution in [0.25, 0.3) is 0 Å². The molecule has 1 aromatic carbocycles. The summed E-state index contributed by atoms with van der Waals surface area (Å²) in [4.78, 5) is 12.0. The van der Waals surface area contributed by atoms with E-state index in [1.807, 2.05) is 24.3 Å². The van der Waals surface area contributed by atoms with E-state index in [-0.39, 0.29) is 11.3 Å². The molecule has 1 aliphatic rings. The standard InChI is InChI=1S/C18H25NO4/c1-3-4-16(20)17(21)19-13-18(9-11-23-12-10-18)14-5-7-15(22-2)8-6-14/h3-8,16,20H,9-13H2,1-2H3,(H,19,21)/b4-3+. The molecule has 0 aromatic heterocycles. The quantitative estimate of drug-likeness (QED) is 0.785. The number of hydrogen-bond acceptors (Lipinski definition) is 4. The number of aliphatic hydroxyl groups excluding tert-OH is 1. The largest absolute Gasteiger partial charge is 0.497 e. The van der Waals surface area contributed by atoms with Gasteiger partial charge in [-0.05, 0) is 37.5 Å². The van der Waals surface area contributed by atoms with E-state index in [1.165, 1.54) is 6.08 Å². The lowest BCUT2D eigenvalue weighted by Gasteiger charge is -2.38. The van der Waals surface area contributed by atoms with Crippen molar-refractivity contribution < 1.29 is 19.4 Å². The van der Waals surface area contributed by atoms with Crippen molar-refractivity contribution in [2.75, 3.05) is 26.9 Å². The summed E-state index contributed by atoms with van der Waals surface area (Å²) in [6, 6.07) is 7.95. The minimum absolute atomic E-state index is 0.171. The summed E-state index contributed by atoms with van der Waals surface area (Å²) in [7, 11) is 1.64. The van der Waals surface area contributed by atoms with Crippen molar-refractivity contribution in [3.8, 4) is 5.75 Å². The highest BCUT2D eigenvalue weighted by atomic mass is 16.5. The van der Waals surface area contributed by atoms with Gasteiger partial charge in [0.05, 0.1) is 7.11 Å². The fourth-order valence-corrected chi connectivity index (χ4v) is 2.90. The van der Waals surface area contributed by atoms with Gasteiger partial charge in [0.1, 0.15) is 5.75 Å². The van der Waals surface area contributed by atoms with Crippen LogP contribution in [0.4, 0.5) is 0 Å². The monoisotopic (exact) mass is 319 g/mol. The van der Waals surface area contributed by atoms with Crippen LogP contribution in [0.3, 0.4) is 0 Å². The maximum absolute atomic E-state index is 12.0. The van der Waals surface area contributed by atoms with Gasteiger partial charge in [-0.25, -0.2) is 0 Å². The molecule has 23 heavy (non-hydrogen) atoms. The zero-order chi connectivity index (χ0) is 16.7. The lowest BCUT2D eigenvalue weighted by molar-refractivity contribution is -0.127. The molecule has 5 nitrogen and oxygen atoms in total. The molecule has 1 fully saturated rings. The van der Waals surface area contributed by atoms with Crippen molar-refractivity contribution in [3.05, 3.63) is 42.0 Å². The Kier molecular flexibility index (Phi) is 6.19. The van der Waals surface area contributed by atoms with Gasteiger partial charge in [0.25, 0.3) is 5.91 Å². The smallest absolute Gasteiger partial charge is 0.252 e. The van der Waals surface area contributed by atoms with Gasteiger partial charge < -0.3 is 19.9 Å². The Hall–Kier alpha value is -1.85. The Balaban J connectivity index is 2.13. The van der Waals surface area contributed by atoms with Crippen molar-refractivity contribution in [1.29, 1.82) is 0 Å². The van der Waals surface area contributed by atoms with E-state index in [1.54, 1.807) is 20.1 Å². The molecule has 1 amide bonds. The molecule has 1 heterocycles. The van der Waals surface area contributed by atoms with Crippen LogP contribution in [0.2, 0.25) is 0 Å². The Labute approximate surface area is 137 Å². The summed E-state index contributed by atoms with van der Waals surface area (Å²) in [6.45, 7) is 3.59. The number of ether oxygens (including phenoxy) is 2. The second kappa shape index (κ2) is 8.13. The maximum Gasteiger partial charge on any atom is 0.252 e. The average molecular weight is 319 g/mol. The molecule has 1 aromatic rings. The molecule has 2 rings (SSSR count). The molecule has 1 saturated heterocycles. The minimum atomic E-state index is -1.10. The van der Waals surface area contributed by atoms with Crippen LogP contribution in [0.5, 0.6) is 5.75 Å². The normalized spacial score (nSPS) is 18.6. The van der Waals surface area contributed by atoms with Crippen LogP contribution in [-0.4, -0.2) is 44.0 Å². The molecule has 0 spiro atoms. The highest BCUT2D eigenvalue weighted by Gasteiger charge is 2.35. The molecule has 0 bridgehead atoms. The summed E-state index contributed by atoms with van der Waals surface area (Å²) in [6.07, 6.45) is 3.70. The number of methoxy groups -OCH3 is 1. The first kappa shape index (κ1) is 17.5. The third kappa shape index (κ3) is 4.33. The van der Waals surface area contributed by atoms with E-state index in [4.69, 9.17) is 9.47 Å². The zero-order valence-corrected chi connectivity index (χ0v) is 13.7. The summed E-state index contributed by atoms with van der Waals surface area (Å²) >= 11 is 0. The molecule has 1 unspecified atom stereocenters. The Bertz CT molecular complexity index is 532. The number of hydrogen-bond donors (Lipinski definition) is 2. The first-order valence-corrected chi connectivity index (χ1v) is 7.92. The number of amides is 1. The van der Waals surface area contributed by atoms with Crippen LogP contribution in [0, 0.1) is 0 Å². The van der Waals surface area contributed by atoms with Gasteiger partial charge in [-0.3, -0.25) is 4.79 Å². The lowest BCUT2D eigenvalue weighted by Crippen LogP contribution is -2.46. The van der Waals surface area contributed by atoms with Crippen LogP contribution in [0.1, 0.15) is 25.3 Å². The Morgan fingerprint density at radius 3 is 2.61 bits per heavy atom. The molecule has 1 atom stereocenters. The van der Waals surface area contributed by atoms with Gasteiger partial charge in [0.2, 0.25) is 0 Å². The highest BCUT2D eigenvalue weighted by molar-refractivity contribution is 5.82. The highest BCUT2D eigenvalue weighted by Crippen LogP contribution is 2.35. The van der Waals surface area contributed by atoms with E-state index in [9.17, 15) is 9.90 Å². The third-order valence-electron chi connectivity index (χ3n) is 4.40. The number of carbonyl (C=O) groups is 1. The van der Waals surface area contributed by atoms with Gasteiger partial charge in [-0.1, -0.05) is 24.3 Å². The molecule has 126 valence electrons. The van der Waals surface area contributed by atoms with Gasteiger partial charge in [-0.15, -0.1) is 0 Å². The number of nitrogens with one attached hydrogen (secondary N) is 1. The fraction of sp³-hybridized carbons (Fsp3) is 0.500. The average Bonchev–Trinajstić information content (AvgIpc) is 2.60. The molecule has 5 heteroatoms. The molecule has 2 N–H and O–H groups in total.